The SMILES string of the molecule is CCCCN1C(=O)SC(=Cc2cc(Cl)c(O)c(OC)c2)C1=O. The highest BCUT2D eigenvalue weighted by molar-refractivity contribution is 8.18. The van der Waals surface area contributed by atoms with Gasteiger partial charge in [0, 0.05) is 6.54 Å². The standard InChI is InChI=1S/C15H16ClNO4S/c1-3-4-5-17-14(19)12(22-15(17)20)8-9-6-10(16)13(18)11(7-9)21-2/h6-8,18H,3-5H2,1-2H3. The lowest BCUT2D eigenvalue weighted by Crippen LogP contribution is -2.29. The highest BCUT2D eigenvalue weighted by Crippen LogP contribution is 2.37. The van der Waals surface area contributed by atoms with Gasteiger partial charge in [-0.2, -0.15) is 0 Å². The van der Waals surface area contributed by atoms with Gasteiger partial charge >= 0.3 is 0 Å². The molecule has 5 nitrogen and oxygen atoms in total. The Morgan fingerprint density at radius 3 is 2.77 bits per heavy atom. The first-order valence-electron chi connectivity index (χ1n) is 6.79. The second-order valence-corrected chi connectivity index (χ2v) is 6.14. The number of hydrogen-bond acceptors (Lipinski definition) is 5. The average Bonchev–Trinajstić information content (AvgIpc) is 2.75. The van der Waals surface area contributed by atoms with Crippen molar-refractivity contribution in [2.24, 2.45) is 0 Å². The number of hydrogen-bond donors (Lipinski definition) is 1. The summed E-state index contributed by atoms with van der Waals surface area (Å²) in [5.41, 5.74) is 0.584. The fourth-order valence-corrected chi connectivity index (χ4v) is 3.08. The highest BCUT2D eigenvalue weighted by Gasteiger charge is 2.34. The molecule has 0 aromatic heterocycles. The van der Waals surface area contributed by atoms with Crippen molar-refractivity contribution in [3.63, 3.8) is 0 Å². The summed E-state index contributed by atoms with van der Waals surface area (Å²) >= 11 is 6.82. The molecular weight excluding hydrogens is 326 g/mol. The molecule has 22 heavy (non-hydrogen) atoms. The van der Waals surface area contributed by atoms with E-state index >= 15 is 0 Å². The first-order chi connectivity index (χ1) is 10.5. The van der Waals surface area contributed by atoms with Crippen molar-refractivity contribution in [2.75, 3.05) is 13.7 Å². The van der Waals surface area contributed by atoms with Crippen molar-refractivity contribution in [3.05, 3.63) is 27.6 Å². The summed E-state index contributed by atoms with van der Waals surface area (Å²) in [4.78, 5) is 25.7. The lowest BCUT2D eigenvalue weighted by molar-refractivity contribution is -0.122. The van der Waals surface area contributed by atoms with Gasteiger partial charge in [-0.25, -0.2) is 0 Å². The normalized spacial score (nSPS) is 16.7. The Morgan fingerprint density at radius 2 is 2.14 bits per heavy atom. The predicted molar refractivity (Wildman–Crippen MR) is 87.3 cm³/mol. The van der Waals surface area contributed by atoms with Crippen molar-refractivity contribution >= 4 is 40.6 Å². The van der Waals surface area contributed by atoms with Gasteiger partial charge in [0.25, 0.3) is 11.1 Å². The van der Waals surface area contributed by atoms with Crippen LogP contribution in [-0.4, -0.2) is 34.8 Å². The number of benzene rings is 1. The monoisotopic (exact) mass is 341 g/mol. The molecule has 0 unspecified atom stereocenters. The molecule has 1 aliphatic rings. The van der Waals surface area contributed by atoms with E-state index in [2.05, 4.69) is 0 Å². The summed E-state index contributed by atoms with van der Waals surface area (Å²) in [6.45, 7) is 2.43. The Labute approximate surface area is 137 Å². The lowest BCUT2D eigenvalue weighted by atomic mass is 10.2. The Bertz CT molecular complexity index is 645. The van der Waals surface area contributed by atoms with Crippen molar-refractivity contribution < 1.29 is 19.4 Å². The molecule has 1 aromatic rings. The number of carbonyl (C=O) groups excluding carboxylic acids is 2. The number of imide groups is 1. The molecule has 0 saturated carbocycles. The summed E-state index contributed by atoms with van der Waals surface area (Å²) in [6.07, 6.45) is 3.26. The van der Waals surface area contributed by atoms with Crippen molar-refractivity contribution in [3.8, 4) is 11.5 Å². The number of thioether (sulfide) groups is 1. The van der Waals surface area contributed by atoms with Crippen LogP contribution in [0.15, 0.2) is 17.0 Å². The number of phenolic OH excluding ortho intramolecular Hbond substituents is 1. The van der Waals surface area contributed by atoms with Crippen molar-refractivity contribution in [1.82, 2.24) is 4.90 Å². The minimum Gasteiger partial charge on any atom is -0.503 e. The molecule has 1 saturated heterocycles. The molecular formula is C15H16ClNO4S. The van der Waals surface area contributed by atoms with Gasteiger partial charge in [0.2, 0.25) is 0 Å². The molecule has 2 rings (SSSR count). The summed E-state index contributed by atoms with van der Waals surface area (Å²) in [6, 6.07) is 3.07. The minimum absolute atomic E-state index is 0.121. The molecule has 118 valence electrons. The number of halogens is 1. The number of aromatic hydroxyl groups is 1. The zero-order chi connectivity index (χ0) is 16.3. The van der Waals surface area contributed by atoms with Crippen LogP contribution < -0.4 is 4.74 Å². The predicted octanol–water partition coefficient (Wildman–Crippen LogP) is 3.89. The molecule has 1 aliphatic heterocycles. The van der Waals surface area contributed by atoms with E-state index in [1.807, 2.05) is 6.92 Å². The Hall–Kier alpha value is -1.66. The van der Waals surface area contributed by atoms with E-state index in [1.165, 1.54) is 18.1 Å². The topological polar surface area (TPSA) is 66.8 Å². The lowest BCUT2D eigenvalue weighted by Gasteiger charge is -2.10. The van der Waals surface area contributed by atoms with Crippen molar-refractivity contribution in [2.45, 2.75) is 19.8 Å². The van der Waals surface area contributed by atoms with Gasteiger partial charge in [-0.05, 0) is 42.0 Å². The Morgan fingerprint density at radius 1 is 1.41 bits per heavy atom. The van der Waals surface area contributed by atoms with E-state index in [4.69, 9.17) is 16.3 Å². The number of unbranched alkanes of at least 4 members (excludes halogenated alkanes) is 1. The number of nitrogens with zero attached hydrogens (tertiary/aromatic N) is 1. The van der Waals surface area contributed by atoms with E-state index < -0.39 is 0 Å². The second kappa shape index (κ2) is 7.07. The number of amides is 2. The third kappa shape index (κ3) is 3.39. The molecule has 1 heterocycles. The zero-order valence-electron chi connectivity index (χ0n) is 12.3. The number of carbonyl (C=O) groups is 2. The number of phenols is 1. The van der Waals surface area contributed by atoms with E-state index in [1.54, 1.807) is 12.1 Å². The van der Waals surface area contributed by atoms with Gasteiger partial charge in [-0.15, -0.1) is 0 Å². The van der Waals surface area contributed by atoms with Gasteiger partial charge < -0.3 is 9.84 Å². The van der Waals surface area contributed by atoms with Crippen LogP contribution in [-0.2, 0) is 4.79 Å². The van der Waals surface area contributed by atoms with E-state index in [0.717, 1.165) is 24.6 Å². The summed E-state index contributed by atoms with van der Waals surface area (Å²) in [7, 11) is 1.41. The molecule has 0 atom stereocenters. The van der Waals surface area contributed by atoms with Gasteiger partial charge in [0.05, 0.1) is 17.0 Å². The maximum Gasteiger partial charge on any atom is 0.293 e. The van der Waals surface area contributed by atoms with Crippen LogP contribution >= 0.6 is 23.4 Å². The van der Waals surface area contributed by atoms with Crippen LogP contribution in [0, 0.1) is 0 Å². The van der Waals surface area contributed by atoms with E-state index in [9.17, 15) is 14.7 Å². The molecule has 7 heteroatoms. The molecule has 0 radical (unpaired) electrons. The van der Waals surface area contributed by atoms with E-state index in [0.29, 0.717) is 17.0 Å². The number of ether oxygens (including phenoxy) is 1. The van der Waals surface area contributed by atoms with Crippen molar-refractivity contribution in [1.29, 1.82) is 0 Å². The van der Waals surface area contributed by atoms with Crippen LogP contribution in [0.5, 0.6) is 11.5 Å². The van der Waals surface area contributed by atoms with Crippen LogP contribution in [0.3, 0.4) is 0 Å². The van der Waals surface area contributed by atoms with Gasteiger partial charge in [0.15, 0.2) is 11.5 Å². The maximum absolute atomic E-state index is 12.2. The molecule has 0 spiro atoms. The molecule has 0 bridgehead atoms. The summed E-state index contributed by atoms with van der Waals surface area (Å²) in [5.74, 6) is -0.243. The molecule has 2 amide bonds. The van der Waals surface area contributed by atoms with Crippen LogP contribution in [0.25, 0.3) is 6.08 Å². The molecule has 1 aromatic carbocycles. The maximum atomic E-state index is 12.2. The average molecular weight is 342 g/mol. The fraction of sp³-hybridized carbons (Fsp3) is 0.333. The Kier molecular flexibility index (Phi) is 5.37. The number of methoxy groups -OCH3 is 1. The largest absolute Gasteiger partial charge is 0.503 e. The quantitative estimate of drug-likeness (QED) is 0.823. The minimum atomic E-state index is -0.299. The summed E-state index contributed by atoms with van der Waals surface area (Å²) in [5, 5.41) is 9.56. The highest BCUT2D eigenvalue weighted by atomic mass is 35.5. The van der Waals surface area contributed by atoms with E-state index in [-0.39, 0.29) is 27.7 Å². The third-order valence-electron chi connectivity index (χ3n) is 3.18. The van der Waals surface area contributed by atoms with Crippen LogP contribution in [0.4, 0.5) is 4.79 Å². The first-order valence-corrected chi connectivity index (χ1v) is 7.99. The molecule has 1 N–H and O–H groups in total. The number of rotatable bonds is 5. The zero-order valence-corrected chi connectivity index (χ0v) is 13.8. The molecule has 0 aliphatic carbocycles. The van der Waals surface area contributed by atoms with Gasteiger partial charge in [-0.1, -0.05) is 24.9 Å². The third-order valence-corrected chi connectivity index (χ3v) is 4.37. The van der Waals surface area contributed by atoms with Crippen LogP contribution in [0.1, 0.15) is 25.3 Å². The van der Waals surface area contributed by atoms with Crippen LogP contribution in [0.2, 0.25) is 5.02 Å². The van der Waals surface area contributed by atoms with Gasteiger partial charge in [0.1, 0.15) is 0 Å². The second-order valence-electron chi connectivity index (χ2n) is 4.74. The molecule has 1 fully saturated rings. The first kappa shape index (κ1) is 16.7. The fourth-order valence-electron chi connectivity index (χ4n) is 1.99. The smallest absolute Gasteiger partial charge is 0.293 e. The Balaban J connectivity index is 2.29. The van der Waals surface area contributed by atoms with Gasteiger partial charge in [-0.3, -0.25) is 14.5 Å². The summed E-state index contributed by atoms with van der Waals surface area (Å²) < 4.78 is 5.02.